The number of hydrogen-bond donors (Lipinski definition) is 0. The lowest BCUT2D eigenvalue weighted by Crippen LogP contribution is -2.36. The van der Waals surface area contributed by atoms with Crippen molar-refractivity contribution in [3.63, 3.8) is 0 Å². The molecule has 144 valence electrons. The number of anilines is 1. The summed E-state index contributed by atoms with van der Waals surface area (Å²) in [7, 11) is 0. The molecule has 0 N–H and O–H groups in total. The summed E-state index contributed by atoms with van der Waals surface area (Å²) in [5.74, 6) is -0.205. The second-order valence-electron chi connectivity index (χ2n) is 6.76. The first kappa shape index (κ1) is 18.8. The van der Waals surface area contributed by atoms with Crippen LogP contribution in [0, 0.1) is 0 Å². The second-order valence-corrected chi connectivity index (χ2v) is 7.75. The van der Waals surface area contributed by atoms with Crippen LogP contribution in [-0.4, -0.2) is 48.9 Å². The van der Waals surface area contributed by atoms with Gasteiger partial charge in [0.15, 0.2) is 0 Å². The van der Waals surface area contributed by atoms with Gasteiger partial charge in [0.25, 0.3) is 11.1 Å². The van der Waals surface area contributed by atoms with Gasteiger partial charge in [0.05, 0.1) is 18.1 Å². The molecule has 0 aliphatic carbocycles. The fourth-order valence-corrected chi connectivity index (χ4v) is 4.20. The van der Waals surface area contributed by atoms with Gasteiger partial charge in [0.1, 0.15) is 0 Å². The number of nitrogens with zero attached hydrogens (tertiary/aromatic N) is 2. The predicted octanol–water partition coefficient (Wildman–Crippen LogP) is 3.80. The lowest BCUT2D eigenvalue weighted by Gasteiger charge is -2.28. The van der Waals surface area contributed by atoms with Crippen LogP contribution in [0.1, 0.15) is 11.1 Å². The lowest BCUT2D eigenvalue weighted by atomic mass is 10.1. The molecule has 2 aliphatic heterocycles. The Balaban J connectivity index is 1.41. The summed E-state index contributed by atoms with van der Waals surface area (Å²) in [5, 5.41) is -0.197. The van der Waals surface area contributed by atoms with Crippen LogP contribution in [0.5, 0.6) is 0 Å². The zero-order valence-corrected chi connectivity index (χ0v) is 16.4. The van der Waals surface area contributed by atoms with Gasteiger partial charge < -0.3 is 9.64 Å². The molecule has 0 radical (unpaired) electrons. The van der Waals surface area contributed by atoms with Crippen LogP contribution < -0.4 is 4.90 Å². The van der Waals surface area contributed by atoms with E-state index in [-0.39, 0.29) is 11.1 Å². The fourth-order valence-electron chi connectivity index (χ4n) is 3.33. The highest BCUT2D eigenvalue weighted by molar-refractivity contribution is 8.18. The molecule has 0 bridgehead atoms. The molecule has 2 fully saturated rings. The van der Waals surface area contributed by atoms with E-state index in [1.807, 2.05) is 42.5 Å². The van der Waals surface area contributed by atoms with Gasteiger partial charge in [0, 0.05) is 25.3 Å². The minimum atomic E-state index is -0.205. The Labute approximate surface area is 169 Å². The smallest absolute Gasteiger partial charge is 0.293 e. The average molecular weight is 394 g/mol. The van der Waals surface area contributed by atoms with Crippen molar-refractivity contribution in [3.05, 3.63) is 70.6 Å². The van der Waals surface area contributed by atoms with Crippen molar-refractivity contribution in [1.29, 1.82) is 0 Å². The first-order valence-corrected chi connectivity index (χ1v) is 10.2. The van der Waals surface area contributed by atoms with Crippen molar-refractivity contribution in [1.82, 2.24) is 4.90 Å². The van der Waals surface area contributed by atoms with E-state index in [1.54, 1.807) is 6.08 Å². The minimum absolute atomic E-state index is 0.197. The van der Waals surface area contributed by atoms with Crippen LogP contribution in [-0.2, 0) is 16.0 Å². The monoisotopic (exact) mass is 394 g/mol. The number of hydrogen-bond acceptors (Lipinski definition) is 5. The van der Waals surface area contributed by atoms with Crippen molar-refractivity contribution < 1.29 is 14.3 Å². The first-order valence-electron chi connectivity index (χ1n) is 9.43. The Morgan fingerprint density at radius 1 is 0.964 bits per heavy atom. The summed E-state index contributed by atoms with van der Waals surface area (Å²) in [4.78, 5) is 29.0. The third-order valence-corrected chi connectivity index (χ3v) is 5.81. The molecular formula is C22H22N2O3S. The van der Waals surface area contributed by atoms with Gasteiger partial charge >= 0.3 is 0 Å². The van der Waals surface area contributed by atoms with Crippen LogP contribution >= 0.6 is 11.8 Å². The molecule has 2 amide bonds. The van der Waals surface area contributed by atoms with Gasteiger partial charge in [-0.2, -0.15) is 0 Å². The van der Waals surface area contributed by atoms with E-state index < -0.39 is 0 Å². The Kier molecular flexibility index (Phi) is 5.78. The summed E-state index contributed by atoms with van der Waals surface area (Å²) in [5.41, 5.74) is 3.19. The van der Waals surface area contributed by atoms with Gasteiger partial charge in [-0.05, 0) is 47.5 Å². The highest BCUT2D eigenvalue weighted by Gasteiger charge is 2.34. The molecule has 0 saturated carbocycles. The summed E-state index contributed by atoms with van der Waals surface area (Å²) < 4.78 is 5.39. The van der Waals surface area contributed by atoms with E-state index in [4.69, 9.17) is 4.74 Å². The highest BCUT2D eigenvalue weighted by Crippen LogP contribution is 2.32. The molecule has 2 heterocycles. The zero-order valence-electron chi connectivity index (χ0n) is 15.5. The van der Waals surface area contributed by atoms with Gasteiger partial charge in [-0.3, -0.25) is 14.5 Å². The van der Waals surface area contributed by atoms with Crippen LogP contribution in [0.3, 0.4) is 0 Å². The summed E-state index contributed by atoms with van der Waals surface area (Å²) >= 11 is 1.02. The van der Waals surface area contributed by atoms with Crippen molar-refractivity contribution in [2.45, 2.75) is 6.42 Å². The Morgan fingerprint density at radius 2 is 1.68 bits per heavy atom. The predicted molar refractivity (Wildman–Crippen MR) is 112 cm³/mol. The molecule has 2 aromatic rings. The Hall–Kier alpha value is -2.57. The van der Waals surface area contributed by atoms with E-state index in [0.29, 0.717) is 17.9 Å². The minimum Gasteiger partial charge on any atom is -0.378 e. The second kappa shape index (κ2) is 8.63. The van der Waals surface area contributed by atoms with Gasteiger partial charge in [-0.25, -0.2) is 0 Å². The van der Waals surface area contributed by atoms with Crippen molar-refractivity contribution >= 4 is 34.7 Å². The van der Waals surface area contributed by atoms with Crippen molar-refractivity contribution in [2.75, 3.05) is 37.7 Å². The maximum absolute atomic E-state index is 12.6. The van der Waals surface area contributed by atoms with Gasteiger partial charge in [-0.1, -0.05) is 42.5 Å². The van der Waals surface area contributed by atoms with Gasteiger partial charge in [0.2, 0.25) is 0 Å². The number of thioether (sulfide) groups is 1. The molecule has 28 heavy (non-hydrogen) atoms. The fraction of sp³-hybridized carbons (Fsp3) is 0.273. The topological polar surface area (TPSA) is 49.9 Å². The number of carbonyl (C=O) groups excluding carboxylic acids is 2. The largest absolute Gasteiger partial charge is 0.378 e. The SMILES string of the molecule is O=C1SC(=Cc2ccc(N3CCOCC3)cc2)C(=O)N1CCc1ccccc1. The van der Waals surface area contributed by atoms with E-state index in [2.05, 4.69) is 17.0 Å². The molecule has 2 saturated heterocycles. The van der Waals surface area contributed by atoms with Crippen molar-refractivity contribution in [2.24, 2.45) is 0 Å². The molecule has 5 nitrogen and oxygen atoms in total. The molecule has 4 rings (SSSR count). The summed E-state index contributed by atoms with van der Waals surface area (Å²) in [6.45, 7) is 3.68. The van der Waals surface area contributed by atoms with Crippen LogP contribution in [0.4, 0.5) is 10.5 Å². The highest BCUT2D eigenvalue weighted by atomic mass is 32.2. The molecule has 6 heteroatoms. The standard InChI is InChI=1S/C22H22N2O3S/c25-21-20(28-22(26)24(21)11-10-17-4-2-1-3-5-17)16-18-6-8-19(9-7-18)23-12-14-27-15-13-23/h1-9,16H,10-15H2. The molecule has 0 spiro atoms. The summed E-state index contributed by atoms with van der Waals surface area (Å²) in [6, 6.07) is 18.0. The molecule has 0 unspecified atom stereocenters. The van der Waals surface area contributed by atoms with E-state index in [0.717, 1.165) is 54.9 Å². The van der Waals surface area contributed by atoms with Crippen LogP contribution in [0.25, 0.3) is 6.08 Å². The Morgan fingerprint density at radius 3 is 2.39 bits per heavy atom. The molecule has 2 aromatic carbocycles. The van der Waals surface area contributed by atoms with Crippen molar-refractivity contribution in [3.8, 4) is 0 Å². The molecule has 0 atom stereocenters. The number of morpholine rings is 1. The first-order chi connectivity index (χ1) is 13.7. The number of benzene rings is 2. The third-order valence-electron chi connectivity index (χ3n) is 4.91. The quantitative estimate of drug-likeness (QED) is 0.722. The maximum Gasteiger partial charge on any atom is 0.293 e. The number of ether oxygens (including phenoxy) is 1. The average Bonchev–Trinajstić information content (AvgIpc) is 3.01. The normalized spacial score (nSPS) is 18.9. The number of rotatable bonds is 5. The molecule has 0 aromatic heterocycles. The maximum atomic E-state index is 12.6. The molecular weight excluding hydrogens is 372 g/mol. The van der Waals surface area contributed by atoms with E-state index in [1.165, 1.54) is 4.90 Å². The summed E-state index contributed by atoms with van der Waals surface area (Å²) in [6.07, 6.45) is 2.47. The third kappa shape index (κ3) is 4.29. The van der Waals surface area contributed by atoms with Gasteiger partial charge in [-0.15, -0.1) is 0 Å². The number of amides is 2. The zero-order chi connectivity index (χ0) is 19.3. The van der Waals surface area contributed by atoms with E-state index in [9.17, 15) is 9.59 Å². The Bertz CT molecular complexity index is 874. The number of imide groups is 1. The van der Waals surface area contributed by atoms with Crippen LogP contribution in [0.15, 0.2) is 59.5 Å². The number of carbonyl (C=O) groups is 2. The molecule has 2 aliphatic rings. The lowest BCUT2D eigenvalue weighted by molar-refractivity contribution is -0.122. The van der Waals surface area contributed by atoms with Crippen LogP contribution in [0.2, 0.25) is 0 Å². The van der Waals surface area contributed by atoms with E-state index >= 15 is 0 Å².